The molecule has 1 heterocycles. The molecule has 20 heavy (non-hydrogen) atoms. The maximum atomic E-state index is 12.3. The van der Waals surface area contributed by atoms with Gasteiger partial charge in [0.25, 0.3) is 10.0 Å². The predicted molar refractivity (Wildman–Crippen MR) is 91.7 cm³/mol. The van der Waals surface area contributed by atoms with E-state index in [-0.39, 0.29) is 10.0 Å². The Morgan fingerprint density at radius 1 is 1.35 bits per heavy atom. The number of hydrogen-bond acceptors (Lipinski definition) is 3. The lowest BCUT2D eigenvalue weighted by molar-refractivity contribution is 0.601. The standard InChI is InChI=1S/C12H9BrClIN2O2S/c1-7-2-3-9(5-10(7)15)17-20(18,19)11-4-8(13)6-16-12(11)14/h2-6,17H,1H3. The van der Waals surface area contributed by atoms with Gasteiger partial charge in [0.05, 0.1) is 0 Å². The number of nitrogens with one attached hydrogen (secondary N) is 1. The molecule has 0 unspecified atom stereocenters. The maximum Gasteiger partial charge on any atom is 0.265 e. The molecule has 2 aromatic rings. The highest BCUT2D eigenvalue weighted by Gasteiger charge is 2.19. The van der Waals surface area contributed by atoms with Crippen LogP contribution < -0.4 is 4.72 Å². The third kappa shape index (κ3) is 3.63. The number of aryl methyl sites for hydroxylation is 1. The van der Waals surface area contributed by atoms with Crippen molar-refractivity contribution < 1.29 is 8.42 Å². The van der Waals surface area contributed by atoms with E-state index in [1.807, 2.05) is 13.0 Å². The Morgan fingerprint density at radius 2 is 2.05 bits per heavy atom. The van der Waals surface area contributed by atoms with Crippen LogP contribution in [0.1, 0.15) is 5.56 Å². The van der Waals surface area contributed by atoms with Crippen molar-refractivity contribution in [2.75, 3.05) is 4.72 Å². The van der Waals surface area contributed by atoms with Gasteiger partial charge in [-0.25, -0.2) is 13.4 Å². The SMILES string of the molecule is Cc1ccc(NS(=O)(=O)c2cc(Br)cnc2Cl)cc1I. The Hall–Kier alpha value is -0.380. The van der Waals surface area contributed by atoms with Crippen molar-refractivity contribution in [3.63, 3.8) is 0 Å². The van der Waals surface area contributed by atoms with Crippen LogP contribution in [0.3, 0.4) is 0 Å². The van der Waals surface area contributed by atoms with Gasteiger partial charge in [-0.2, -0.15) is 0 Å². The fourth-order valence-electron chi connectivity index (χ4n) is 1.46. The minimum Gasteiger partial charge on any atom is -0.280 e. The fourth-order valence-corrected chi connectivity index (χ4v) is 3.97. The lowest BCUT2D eigenvalue weighted by Gasteiger charge is -2.10. The van der Waals surface area contributed by atoms with Gasteiger partial charge in [0.1, 0.15) is 10.0 Å². The number of benzene rings is 1. The molecule has 2 rings (SSSR count). The number of nitrogens with zero attached hydrogens (tertiary/aromatic N) is 1. The van der Waals surface area contributed by atoms with Crippen LogP contribution in [0.15, 0.2) is 39.8 Å². The van der Waals surface area contributed by atoms with Crippen LogP contribution in [-0.2, 0) is 10.0 Å². The zero-order valence-corrected chi connectivity index (χ0v) is 15.5. The summed E-state index contributed by atoms with van der Waals surface area (Å²) >= 11 is 11.2. The lowest BCUT2D eigenvalue weighted by atomic mass is 10.2. The normalized spacial score (nSPS) is 11.4. The average Bonchev–Trinajstić information content (AvgIpc) is 2.36. The Kier molecular flexibility index (Phi) is 4.93. The van der Waals surface area contributed by atoms with Crippen LogP contribution in [0.2, 0.25) is 5.15 Å². The molecular formula is C12H9BrClIN2O2S. The summed E-state index contributed by atoms with van der Waals surface area (Å²) in [5.74, 6) is 0. The van der Waals surface area contributed by atoms with Crippen LogP contribution in [0, 0.1) is 10.5 Å². The first-order valence-corrected chi connectivity index (χ1v) is 9.13. The van der Waals surface area contributed by atoms with Crippen LogP contribution in [0.4, 0.5) is 5.69 Å². The van der Waals surface area contributed by atoms with Gasteiger partial charge in [-0.15, -0.1) is 0 Å². The molecule has 0 saturated carbocycles. The number of halogens is 3. The first kappa shape index (κ1) is 16.0. The number of pyridine rings is 1. The van der Waals surface area contributed by atoms with Gasteiger partial charge in [0, 0.05) is 19.9 Å². The van der Waals surface area contributed by atoms with Crippen molar-refractivity contribution in [2.45, 2.75) is 11.8 Å². The van der Waals surface area contributed by atoms with Gasteiger partial charge < -0.3 is 0 Å². The molecule has 0 spiro atoms. The molecule has 1 aromatic heterocycles. The van der Waals surface area contributed by atoms with Crippen molar-refractivity contribution in [3.05, 3.63) is 49.2 Å². The highest BCUT2D eigenvalue weighted by molar-refractivity contribution is 14.1. The van der Waals surface area contributed by atoms with Gasteiger partial charge in [-0.3, -0.25) is 4.72 Å². The second-order valence-electron chi connectivity index (χ2n) is 4.01. The zero-order valence-electron chi connectivity index (χ0n) is 10.2. The van der Waals surface area contributed by atoms with Crippen molar-refractivity contribution in [3.8, 4) is 0 Å². The summed E-state index contributed by atoms with van der Waals surface area (Å²) in [5, 5.41) is -0.0671. The topological polar surface area (TPSA) is 59.1 Å². The predicted octanol–water partition coefficient (Wildman–Crippen LogP) is 4.21. The van der Waals surface area contributed by atoms with Gasteiger partial charge in [-0.1, -0.05) is 17.7 Å². The molecule has 1 aromatic carbocycles. The molecule has 106 valence electrons. The summed E-state index contributed by atoms with van der Waals surface area (Å²) in [5.41, 5.74) is 1.56. The highest BCUT2D eigenvalue weighted by Crippen LogP contribution is 2.26. The number of rotatable bonds is 3. The molecule has 0 aliphatic rings. The van der Waals surface area contributed by atoms with Crippen LogP contribution in [0.25, 0.3) is 0 Å². The molecule has 0 amide bonds. The minimum atomic E-state index is -3.77. The van der Waals surface area contributed by atoms with E-state index in [1.54, 1.807) is 12.1 Å². The van der Waals surface area contributed by atoms with Crippen molar-refractivity contribution in [2.24, 2.45) is 0 Å². The monoisotopic (exact) mass is 486 g/mol. The third-order valence-corrected chi connectivity index (χ3v) is 5.89. The Labute approximate surface area is 144 Å². The summed E-state index contributed by atoms with van der Waals surface area (Å²) in [4.78, 5) is 3.75. The average molecular weight is 488 g/mol. The smallest absolute Gasteiger partial charge is 0.265 e. The molecule has 0 saturated heterocycles. The molecule has 0 bridgehead atoms. The molecule has 0 atom stereocenters. The summed E-state index contributed by atoms with van der Waals surface area (Å²) in [6, 6.07) is 6.72. The van der Waals surface area contributed by atoms with E-state index < -0.39 is 10.0 Å². The Morgan fingerprint density at radius 3 is 2.70 bits per heavy atom. The Bertz CT molecular complexity index is 768. The third-order valence-electron chi connectivity index (χ3n) is 2.49. The van der Waals surface area contributed by atoms with Crippen LogP contribution in [0.5, 0.6) is 0 Å². The molecule has 8 heteroatoms. The summed E-state index contributed by atoms with van der Waals surface area (Å²) in [6.45, 7) is 1.95. The molecule has 4 nitrogen and oxygen atoms in total. The van der Waals surface area contributed by atoms with Gasteiger partial charge in [0.2, 0.25) is 0 Å². The summed E-state index contributed by atoms with van der Waals surface area (Å²) < 4.78 is 28.6. The number of anilines is 1. The largest absolute Gasteiger partial charge is 0.280 e. The van der Waals surface area contributed by atoms with E-state index in [9.17, 15) is 8.42 Å². The maximum absolute atomic E-state index is 12.3. The molecule has 0 fully saturated rings. The second kappa shape index (κ2) is 6.17. The zero-order chi connectivity index (χ0) is 14.9. The number of sulfonamides is 1. The number of aromatic nitrogens is 1. The van der Waals surface area contributed by atoms with Gasteiger partial charge >= 0.3 is 0 Å². The summed E-state index contributed by atoms with van der Waals surface area (Å²) in [6.07, 6.45) is 1.44. The van der Waals surface area contributed by atoms with E-state index in [0.717, 1.165) is 9.13 Å². The second-order valence-corrected chi connectivity index (χ2v) is 8.10. The minimum absolute atomic E-state index is 0.0656. The van der Waals surface area contributed by atoms with Gasteiger partial charge in [0.15, 0.2) is 0 Å². The Balaban J connectivity index is 2.40. The van der Waals surface area contributed by atoms with Crippen molar-refractivity contribution >= 4 is 65.8 Å². The first-order chi connectivity index (χ1) is 9.29. The van der Waals surface area contributed by atoms with E-state index in [2.05, 4.69) is 48.2 Å². The van der Waals surface area contributed by atoms with E-state index >= 15 is 0 Å². The molecule has 0 radical (unpaired) electrons. The van der Waals surface area contributed by atoms with E-state index in [1.165, 1.54) is 12.3 Å². The fraction of sp³-hybridized carbons (Fsp3) is 0.0833. The van der Waals surface area contributed by atoms with E-state index in [4.69, 9.17) is 11.6 Å². The number of hydrogen-bond donors (Lipinski definition) is 1. The lowest BCUT2D eigenvalue weighted by Crippen LogP contribution is -2.14. The van der Waals surface area contributed by atoms with E-state index in [0.29, 0.717) is 10.2 Å². The van der Waals surface area contributed by atoms with Crippen LogP contribution >= 0.6 is 50.1 Å². The quantitative estimate of drug-likeness (QED) is 0.521. The molecular weight excluding hydrogens is 478 g/mol. The molecule has 1 N–H and O–H groups in total. The van der Waals surface area contributed by atoms with Crippen molar-refractivity contribution in [1.82, 2.24) is 4.98 Å². The van der Waals surface area contributed by atoms with Crippen LogP contribution in [-0.4, -0.2) is 13.4 Å². The highest BCUT2D eigenvalue weighted by atomic mass is 127. The first-order valence-electron chi connectivity index (χ1n) is 5.39. The van der Waals surface area contributed by atoms with Crippen molar-refractivity contribution in [1.29, 1.82) is 0 Å². The molecule has 0 aliphatic carbocycles. The van der Waals surface area contributed by atoms with Gasteiger partial charge in [-0.05, 0) is 69.2 Å². The summed E-state index contributed by atoms with van der Waals surface area (Å²) in [7, 11) is -3.77. The molecule has 0 aliphatic heterocycles.